The Balaban J connectivity index is 3.26. The van der Waals surface area contributed by atoms with Gasteiger partial charge in [-0.25, -0.2) is 9.59 Å². The van der Waals surface area contributed by atoms with Crippen LogP contribution in [0.25, 0.3) is 10.8 Å². The Morgan fingerprint density at radius 3 is 2.58 bits per heavy atom. The summed E-state index contributed by atoms with van der Waals surface area (Å²) in [7, 11) is 0. The lowest BCUT2D eigenvalue weighted by Gasteiger charge is -1.87. The molecular formula is C8H4O4. The Labute approximate surface area is 66.0 Å². The Bertz CT molecular complexity index is 526. The van der Waals surface area contributed by atoms with E-state index in [9.17, 15) is 9.59 Å². The van der Waals surface area contributed by atoms with Crippen LogP contribution in [0.3, 0.4) is 0 Å². The summed E-state index contributed by atoms with van der Waals surface area (Å²) in [5, 5.41) is 9.37. The van der Waals surface area contributed by atoms with E-state index in [1.54, 1.807) is 0 Å². The summed E-state index contributed by atoms with van der Waals surface area (Å²) < 4.78 is 4.34. The van der Waals surface area contributed by atoms with Gasteiger partial charge in [0.25, 0.3) is 0 Å². The van der Waals surface area contributed by atoms with Crippen LogP contribution in [0, 0.1) is 0 Å². The second-order valence-corrected chi connectivity index (χ2v) is 2.41. The number of aromatic hydroxyl groups is 1. The van der Waals surface area contributed by atoms with Crippen LogP contribution in [-0.2, 0) is 0 Å². The Hall–Kier alpha value is -1.84. The van der Waals surface area contributed by atoms with Crippen molar-refractivity contribution in [3.63, 3.8) is 0 Å². The SMILES string of the molecule is O=c1oc(=O)c2ccc1cc2O. The molecule has 0 saturated carbocycles. The number of hydrogen-bond acceptors (Lipinski definition) is 4. The normalized spacial score (nSPS) is 10.7. The quantitative estimate of drug-likeness (QED) is 0.607. The first kappa shape index (κ1) is 6.84. The van der Waals surface area contributed by atoms with E-state index < -0.39 is 11.3 Å². The minimum Gasteiger partial charge on any atom is -0.507 e. The fraction of sp³-hybridized carbons (Fsp3) is 0. The largest absolute Gasteiger partial charge is 0.507 e. The summed E-state index contributed by atoms with van der Waals surface area (Å²) in [5.74, 6) is -0.219. The first-order valence-corrected chi connectivity index (χ1v) is 3.28. The van der Waals surface area contributed by atoms with Crippen molar-refractivity contribution in [3.05, 3.63) is 39.0 Å². The number of rotatable bonds is 0. The minimum atomic E-state index is -0.808. The highest BCUT2D eigenvalue weighted by Gasteiger charge is 2.05. The summed E-state index contributed by atoms with van der Waals surface area (Å²) in [5.41, 5.74) is -1.53. The fourth-order valence-corrected chi connectivity index (χ4v) is 1.03. The second kappa shape index (κ2) is 2.07. The van der Waals surface area contributed by atoms with Crippen molar-refractivity contribution >= 4 is 10.8 Å². The highest BCUT2D eigenvalue weighted by molar-refractivity contribution is 5.70. The third-order valence-corrected chi connectivity index (χ3v) is 1.64. The fourth-order valence-electron chi connectivity index (χ4n) is 1.03. The zero-order valence-corrected chi connectivity index (χ0v) is 5.90. The Kier molecular flexibility index (Phi) is 1.18. The molecule has 0 unspecified atom stereocenters. The van der Waals surface area contributed by atoms with Gasteiger partial charge in [0.15, 0.2) is 0 Å². The Morgan fingerprint density at radius 1 is 1.17 bits per heavy atom. The van der Waals surface area contributed by atoms with Gasteiger partial charge in [-0.3, -0.25) is 0 Å². The predicted octanol–water partition coefficient (Wildman–Crippen LogP) is 0.297. The number of fused-ring (bicyclic) bond motifs is 4. The number of phenols is 1. The molecule has 3 aromatic rings. The van der Waals surface area contributed by atoms with Gasteiger partial charge in [0.1, 0.15) is 11.1 Å². The summed E-state index contributed by atoms with van der Waals surface area (Å²) in [6.45, 7) is 0. The van der Waals surface area contributed by atoms with Gasteiger partial charge in [-0.1, -0.05) is 0 Å². The molecule has 0 spiro atoms. The van der Waals surface area contributed by atoms with Crippen molar-refractivity contribution in [2.45, 2.75) is 0 Å². The maximum absolute atomic E-state index is 10.9. The molecule has 12 heavy (non-hydrogen) atoms. The molecular weight excluding hydrogens is 160 g/mol. The average molecular weight is 164 g/mol. The highest BCUT2D eigenvalue weighted by atomic mass is 16.4. The van der Waals surface area contributed by atoms with Crippen LogP contribution in [0.15, 0.2) is 32.2 Å². The topological polar surface area (TPSA) is 67.5 Å². The second-order valence-electron chi connectivity index (χ2n) is 2.41. The lowest BCUT2D eigenvalue weighted by molar-refractivity contribution is 0.473. The van der Waals surface area contributed by atoms with Crippen LogP contribution in [-0.4, -0.2) is 5.11 Å². The third kappa shape index (κ3) is 0.780. The first-order valence-electron chi connectivity index (χ1n) is 3.28. The molecule has 2 aromatic heterocycles. The van der Waals surface area contributed by atoms with Gasteiger partial charge < -0.3 is 9.52 Å². The molecule has 2 heterocycles. The van der Waals surface area contributed by atoms with Crippen molar-refractivity contribution in [1.29, 1.82) is 0 Å². The molecule has 4 nitrogen and oxygen atoms in total. The molecule has 0 fully saturated rings. The zero-order valence-electron chi connectivity index (χ0n) is 5.90. The van der Waals surface area contributed by atoms with Gasteiger partial charge in [0.05, 0.1) is 5.39 Å². The van der Waals surface area contributed by atoms with Gasteiger partial charge in [-0.05, 0) is 18.2 Å². The molecule has 0 aliphatic heterocycles. The highest BCUT2D eigenvalue weighted by Crippen LogP contribution is 2.15. The van der Waals surface area contributed by atoms with Crippen molar-refractivity contribution in [2.75, 3.05) is 0 Å². The number of phenolic OH excluding ortho intramolecular Hbond substituents is 1. The standard InChI is InChI=1S/C8H4O4/c9-6-3-4-1-2-5(6)8(11)12-7(4)10/h1-3,9H. The first-order chi connectivity index (χ1) is 5.68. The smallest absolute Gasteiger partial charge is 0.349 e. The molecule has 0 radical (unpaired) electrons. The summed E-state index contributed by atoms with van der Waals surface area (Å²) in [6, 6.07) is 4.00. The van der Waals surface area contributed by atoms with Crippen LogP contribution < -0.4 is 11.3 Å². The summed E-state index contributed by atoms with van der Waals surface area (Å²) >= 11 is 0. The summed E-state index contributed by atoms with van der Waals surface area (Å²) in [6.07, 6.45) is 0. The van der Waals surface area contributed by atoms with Gasteiger partial charge in [-0.2, -0.15) is 0 Å². The molecule has 4 heteroatoms. The molecule has 0 aliphatic rings. The van der Waals surface area contributed by atoms with Crippen molar-refractivity contribution in [2.24, 2.45) is 0 Å². The van der Waals surface area contributed by atoms with Crippen molar-refractivity contribution in [3.8, 4) is 5.75 Å². The molecule has 0 saturated heterocycles. The van der Waals surface area contributed by atoms with E-state index >= 15 is 0 Å². The van der Waals surface area contributed by atoms with Crippen LogP contribution in [0.4, 0.5) is 0 Å². The van der Waals surface area contributed by atoms with Gasteiger partial charge >= 0.3 is 11.3 Å². The summed E-state index contributed by atoms with van der Waals surface area (Å²) in [4.78, 5) is 21.9. The van der Waals surface area contributed by atoms with Crippen molar-refractivity contribution in [1.82, 2.24) is 0 Å². The van der Waals surface area contributed by atoms with Crippen LogP contribution >= 0.6 is 0 Å². The van der Waals surface area contributed by atoms with E-state index in [1.807, 2.05) is 0 Å². The van der Waals surface area contributed by atoms with E-state index in [2.05, 4.69) is 4.42 Å². The lowest BCUT2D eigenvalue weighted by Crippen LogP contribution is -2.02. The Morgan fingerprint density at radius 2 is 1.92 bits per heavy atom. The maximum atomic E-state index is 10.9. The molecule has 0 aliphatic carbocycles. The lowest BCUT2D eigenvalue weighted by atomic mass is 10.2. The van der Waals surface area contributed by atoms with Crippen LogP contribution in [0.1, 0.15) is 0 Å². The van der Waals surface area contributed by atoms with Crippen LogP contribution in [0.2, 0.25) is 0 Å². The van der Waals surface area contributed by atoms with E-state index in [0.717, 1.165) is 0 Å². The zero-order chi connectivity index (χ0) is 8.72. The number of benzene rings is 1. The van der Waals surface area contributed by atoms with E-state index in [1.165, 1.54) is 18.2 Å². The van der Waals surface area contributed by atoms with Gasteiger partial charge in [0.2, 0.25) is 0 Å². The molecule has 0 amide bonds. The maximum Gasteiger partial charge on any atom is 0.349 e. The molecule has 0 atom stereocenters. The molecule has 2 bridgehead atoms. The van der Waals surface area contributed by atoms with E-state index in [4.69, 9.17) is 5.11 Å². The average Bonchev–Trinajstić information content (AvgIpc) is 2.19. The molecule has 60 valence electrons. The van der Waals surface area contributed by atoms with Crippen LogP contribution in [0.5, 0.6) is 5.75 Å². The third-order valence-electron chi connectivity index (χ3n) is 1.64. The number of hydrogen-bond donors (Lipinski definition) is 1. The van der Waals surface area contributed by atoms with E-state index in [0.29, 0.717) is 0 Å². The van der Waals surface area contributed by atoms with Crippen molar-refractivity contribution < 1.29 is 9.52 Å². The van der Waals surface area contributed by atoms with E-state index in [-0.39, 0.29) is 16.5 Å². The predicted molar refractivity (Wildman–Crippen MR) is 41.6 cm³/mol. The molecule has 3 rings (SSSR count). The molecule has 1 aromatic carbocycles. The minimum absolute atomic E-state index is 0.0181. The van der Waals surface area contributed by atoms with Gasteiger partial charge in [0, 0.05) is 0 Å². The van der Waals surface area contributed by atoms with Gasteiger partial charge in [-0.15, -0.1) is 0 Å². The monoisotopic (exact) mass is 164 g/mol. The molecule has 1 N–H and O–H groups in total.